The Labute approximate surface area is 105 Å². The van der Waals surface area contributed by atoms with Crippen LogP contribution in [-0.4, -0.2) is 18.8 Å². The van der Waals surface area contributed by atoms with Crippen molar-refractivity contribution >= 4 is 23.4 Å². The minimum Gasteiger partial charge on any atom is -0.501 e. The first kappa shape index (κ1) is 13.6. The Hall–Kier alpha value is -1.46. The van der Waals surface area contributed by atoms with Crippen LogP contribution in [0.4, 0.5) is 5.69 Å². The summed E-state index contributed by atoms with van der Waals surface area (Å²) in [6.07, 6.45) is 4.63. The normalized spacial score (nSPS) is 10.5. The molecule has 0 heterocycles. The fraction of sp³-hybridized carbons (Fsp3) is 0.250. The summed E-state index contributed by atoms with van der Waals surface area (Å²) in [6.45, 7) is 2.37. The van der Waals surface area contributed by atoms with Crippen molar-refractivity contribution in [3.63, 3.8) is 0 Å². The summed E-state index contributed by atoms with van der Waals surface area (Å²) in [5.74, 6) is 5.36. The van der Waals surface area contributed by atoms with E-state index in [0.717, 1.165) is 9.90 Å². The van der Waals surface area contributed by atoms with Gasteiger partial charge in [0.05, 0.1) is 18.6 Å². The zero-order valence-corrected chi connectivity index (χ0v) is 10.7. The van der Waals surface area contributed by atoms with Gasteiger partial charge in [0.2, 0.25) is 0 Å². The van der Waals surface area contributed by atoms with E-state index in [-0.39, 0.29) is 5.91 Å². The van der Waals surface area contributed by atoms with Gasteiger partial charge in [-0.25, -0.2) is 10.9 Å². The third kappa shape index (κ3) is 4.13. The van der Waals surface area contributed by atoms with Crippen molar-refractivity contribution in [1.29, 1.82) is 0 Å². The number of nitrogens with two attached hydrogens (primary N) is 1. The molecule has 0 unspecified atom stereocenters. The number of carbonyl (C=O) groups excluding carboxylic acids is 1. The van der Waals surface area contributed by atoms with Crippen molar-refractivity contribution in [3.8, 4) is 0 Å². The number of hydrogen-bond acceptors (Lipinski definition) is 4. The molecule has 1 aromatic carbocycles. The fourth-order valence-electron chi connectivity index (χ4n) is 1.15. The minimum absolute atomic E-state index is 0.324. The lowest BCUT2D eigenvalue weighted by Crippen LogP contribution is -2.36. The number of hydrogen-bond donors (Lipinski definition) is 1. The van der Waals surface area contributed by atoms with E-state index in [1.54, 1.807) is 23.9 Å². The van der Waals surface area contributed by atoms with Gasteiger partial charge in [0.15, 0.2) is 0 Å². The number of thioether (sulfide) groups is 1. The average molecular weight is 252 g/mol. The Morgan fingerprint density at radius 2 is 2.12 bits per heavy atom. The van der Waals surface area contributed by atoms with Gasteiger partial charge in [0.25, 0.3) is 5.91 Å². The maximum atomic E-state index is 11.6. The molecular formula is C12H16N2O2S. The van der Waals surface area contributed by atoms with E-state index in [1.165, 1.54) is 12.3 Å². The van der Waals surface area contributed by atoms with Crippen LogP contribution in [0.3, 0.4) is 0 Å². The second kappa shape index (κ2) is 6.98. The molecule has 17 heavy (non-hydrogen) atoms. The predicted octanol–water partition coefficient (Wildman–Crippen LogP) is 2.17. The van der Waals surface area contributed by atoms with E-state index in [2.05, 4.69) is 0 Å². The van der Waals surface area contributed by atoms with Crippen LogP contribution >= 0.6 is 11.8 Å². The first-order chi connectivity index (χ1) is 8.19. The highest BCUT2D eigenvalue weighted by atomic mass is 32.2. The molecule has 0 aliphatic heterocycles. The molecular weight excluding hydrogens is 236 g/mol. The number of hydrazine groups is 1. The lowest BCUT2D eigenvalue weighted by Gasteiger charge is -2.14. The van der Waals surface area contributed by atoms with Crippen molar-refractivity contribution in [1.82, 2.24) is 0 Å². The first-order valence-electron chi connectivity index (χ1n) is 5.20. The van der Waals surface area contributed by atoms with Crippen LogP contribution < -0.4 is 10.9 Å². The summed E-state index contributed by atoms with van der Waals surface area (Å²) in [5, 5.41) is 1.08. The van der Waals surface area contributed by atoms with Gasteiger partial charge in [0.1, 0.15) is 0 Å². The summed E-state index contributed by atoms with van der Waals surface area (Å²) >= 11 is 1.64. The lowest BCUT2D eigenvalue weighted by atomic mass is 10.3. The van der Waals surface area contributed by atoms with E-state index in [1.807, 2.05) is 25.3 Å². The molecule has 0 aromatic heterocycles. The molecule has 0 radical (unpaired) electrons. The molecule has 1 amide bonds. The van der Waals surface area contributed by atoms with Crippen molar-refractivity contribution in [3.05, 3.63) is 36.6 Å². The highest BCUT2D eigenvalue weighted by Gasteiger charge is 2.08. The van der Waals surface area contributed by atoms with Gasteiger partial charge in [-0.2, -0.15) is 0 Å². The molecule has 92 valence electrons. The molecule has 0 aliphatic rings. The first-order valence-corrected chi connectivity index (χ1v) is 6.42. The monoisotopic (exact) mass is 252 g/mol. The summed E-state index contributed by atoms with van der Waals surface area (Å²) in [5.41, 5.74) is 0.647. The van der Waals surface area contributed by atoms with E-state index in [0.29, 0.717) is 12.3 Å². The summed E-state index contributed by atoms with van der Waals surface area (Å²) in [7, 11) is 0. The van der Waals surface area contributed by atoms with Crippen LogP contribution in [-0.2, 0) is 9.53 Å². The second-order valence-corrected chi connectivity index (χ2v) is 4.04. The smallest absolute Gasteiger partial charge is 0.268 e. The molecule has 4 nitrogen and oxygen atoms in total. The van der Waals surface area contributed by atoms with Crippen LogP contribution in [0.25, 0.3) is 0 Å². The Bertz CT molecular complexity index is 390. The molecule has 0 spiro atoms. The van der Waals surface area contributed by atoms with Crippen LogP contribution in [0.5, 0.6) is 0 Å². The molecule has 0 saturated heterocycles. The van der Waals surface area contributed by atoms with Crippen LogP contribution in [0, 0.1) is 0 Å². The third-order valence-electron chi connectivity index (χ3n) is 2.06. The van der Waals surface area contributed by atoms with Gasteiger partial charge in [-0.05, 0) is 37.4 Å². The van der Waals surface area contributed by atoms with E-state index < -0.39 is 0 Å². The van der Waals surface area contributed by atoms with Gasteiger partial charge in [-0.3, -0.25) is 4.79 Å². The van der Waals surface area contributed by atoms with Crippen LogP contribution in [0.1, 0.15) is 6.92 Å². The SMILES string of the molecule is CCOC=CC(=O)N(N)c1ccc(SC)cc1. The maximum absolute atomic E-state index is 11.6. The lowest BCUT2D eigenvalue weighted by molar-refractivity contribution is -0.114. The number of benzene rings is 1. The fourth-order valence-corrected chi connectivity index (χ4v) is 1.56. The number of rotatable bonds is 5. The van der Waals surface area contributed by atoms with Gasteiger partial charge in [-0.1, -0.05) is 0 Å². The second-order valence-electron chi connectivity index (χ2n) is 3.16. The quantitative estimate of drug-likeness (QED) is 0.218. The highest BCUT2D eigenvalue weighted by Crippen LogP contribution is 2.19. The average Bonchev–Trinajstić information content (AvgIpc) is 2.38. The van der Waals surface area contributed by atoms with Crippen molar-refractivity contribution in [2.24, 2.45) is 5.84 Å². The van der Waals surface area contributed by atoms with E-state index in [9.17, 15) is 4.79 Å². The Balaban J connectivity index is 2.67. The van der Waals surface area contributed by atoms with E-state index in [4.69, 9.17) is 10.6 Å². The summed E-state index contributed by atoms with van der Waals surface area (Å²) in [6, 6.07) is 7.44. The minimum atomic E-state index is -0.324. The standard InChI is InChI=1S/C12H16N2O2S/c1-3-16-9-8-12(15)14(13)10-4-6-11(17-2)7-5-10/h4-9H,3,13H2,1-2H3. The molecule has 0 saturated carbocycles. The Morgan fingerprint density at radius 3 is 2.65 bits per heavy atom. The van der Waals surface area contributed by atoms with Gasteiger partial charge in [0, 0.05) is 11.0 Å². The molecule has 1 aromatic rings. The Kier molecular flexibility index (Phi) is 5.59. The number of nitrogens with zero attached hydrogens (tertiary/aromatic N) is 1. The maximum Gasteiger partial charge on any atom is 0.268 e. The molecule has 1 rings (SSSR count). The summed E-state index contributed by atoms with van der Waals surface area (Å²) in [4.78, 5) is 12.7. The highest BCUT2D eigenvalue weighted by molar-refractivity contribution is 7.98. The Morgan fingerprint density at radius 1 is 1.47 bits per heavy atom. The predicted molar refractivity (Wildman–Crippen MR) is 70.7 cm³/mol. The van der Waals surface area contributed by atoms with Crippen LogP contribution in [0.2, 0.25) is 0 Å². The van der Waals surface area contributed by atoms with Crippen molar-refractivity contribution in [2.75, 3.05) is 17.9 Å². The molecule has 0 atom stereocenters. The zero-order chi connectivity index (χ0) is 12.7. The number of amides is 1. The summed E-state index contributed by atoms with van der Waals surface area (Å²) < 4.78 is 4.94. The topological polar surface area (TPSA) is 55.6 Å². The van der Waals surface area contributed by atoms with Crippen molar-refractivity contribution < 1.29 is 9.53 Å². The molecule has 0 aliphatic carbocycles. The van der Waals surface area contributed by atoms with Crippen LogP contribution in [0.15, 0.2) is 41.5 Å². The molecule has 5 heteroatoms. The molecule has 0 bridgehead atoms. The van der Waals surface area contributed by atoms with Gasteiger partial charge >= 0.3 is 0 Å². The van der Waals surface area contributed by atoms with Gasteiger partial charge < -0.3 is 4.74 Å². The van der Waals surface area contributed by atoms with Crippen molar-refractivity contribution in [2.45, 2.75) is 11.8 Å². The number of ether oxygens (including phenoxy) is 1. The molecule has 2 N–H and O–H groups in total. The largest absolute Gasteiger partial charge is 0.501 e. The number of anilines is 1. The third-order valence-corrected chi connectivity index (χ3v) is 2.81. The van der Waals surface area contributed by atoms with E-state index >= 15 is 0 Å². The number of carbonyl (C=O) groups is 1. The zero-order valence-electron chi connectivity index (χ0n) is 9.92. The van der Waals surface area contributed by atoms with Gasteiger partial charge in [-0.15, -0.1) is 11.8 Å². The molecule has 0 fully saturated rings.